The van der Waals surface area contributed by atoms with Gasteiger partial charge in [-0.2, -0.15) is 13.2 Å². The Hall–Kier alpha value is -4.05. The lowest BCUT2D eigenvalue weighted by Crippen LogP contribution is -2.61. The van der Waals surface area contributed by atoms with Crippen LogP contribution in [0.5, 0.6) is 17.2 Å². The zero-order chi connectivity index (χ0) is 27.2. The van der Waals surface area contributed by atoms with E-state index in [9.17, 15) is 22.8 Å². The molecule has 200 valence electrons. The summed E-state index contributed by atoms with van der Waals surface area (Å²) in [5.41, 5.74) is -0.913. The average molecular weight is 529 g/mol. The average Bonchev–Trinajstić information content (AvgIpc) is 2.93. The van der Waals surface area contributed by atoms with Gasteiger partial charge in [-0.05, 0) is 48.0 Å². The second kappa shape index (κ2) is 11.6. The van der Waals surface area contributed by atoms with E-state index in [-0.39, 0.29) is 35.6 Å². The van der Waals surface area contributed by atoms with Crippen molar-refractivity contribution in [2.24, 2.45) is 0 Å². The van der Waals surface area contributed by atoms with E-state index >= 15 is 0 Å². The Morgan fingerprint density at radius 2 is 1.61 bits per heavy atom. The number of benzene rings is 3. The quantitative estimate of drug-likeness (QED) is 0.425. The molecule has 0 atom stereocenters. The van der Waals surface area contributed by atoms with E-state index in [1.807, 2.05) is 0 Å². The molecule has 0 unspecified atom stereocenters. The minimum absolute atomic E-state index is 0.0676. The predicted octanol–water partition coefficient (Wildman–Crippen LogP) is 5.10. The minimum Gasteiger partial charge on any atom is -0.497 e. The molecule has 1 fully saturated rings. The van der Waals surface area contributed by atoms with Gasteiger partial charge in [0.05, 0.1) is 7.11 Å². The Morgan fingerprint density at radius 1 is 0.947 bits per heavy atom. The fraction of sp³-hybridized carbons (Fsp3) is 0.286. The Morgan fingerprint density at radius 3 is 2.24 bits per heavy atom. The van der Waals surface area contributed by atoms with Gasteiger partial charge in [0, 0.05) is 38.2 Å². The van der Waals surface area contributed by atoms with E-state index < -0.39 is 17.3 Å². The molecule has 3 aromatic carbocycles. The second-order valence-corrected chi connectivity index (χ2v) is 8.80. The van der Waals surface area contributed by atoms with Crippen LogP contribution in [0.25, 0.3) is 0 Å². The molecule has 1 aliphatic heterocycles. The molecule has 2 N–H and O–H groups in total. The topological polar surface area (TPSA) is 85.9 Å². The van der Waals surface area contributed by atoms with E-state index in [2.05, 4.69) is 10.6 Å². The van der Waals surface area contributed by atoms with Crippen molar-refractivity contribution in [2.45, 2.75) is 31.1 Å². The number of alkyl halides is 3. The summed E-state index contributed by atoms with van der Waals surface area (Å²) in [5.74, 6) is -0.765. The Balaban J connectivity index is 1.41. The summed E-state index contributed by atoms with van der Waals surface area (Å²) in [6.07, 6.45) is -3.97. The number of carbonyl (C=O) groups is 2. The van der Waals surface area contributed by atoms with Gasteiger partial charge in [0.25, 0.3) is 5.91 Å². The van der Waals surface area contributed by atoms with Crippen LogP contribution >= 0.6 is 0 Å². The number of ether oxygens (including phenoxy) is 3. The highest BCUT2D eigenvalue weighted by Gasteiger charge is 2.41. The van der Waals surface area contributed by atoms with E-state index in [1.165, 1.54) is 31.4 Å². The molecule has 0 bridgehead atoms. The van der Waals surface area contributed by atoms with Crippen LogP contribution in [-0.4, -0.2) is 37.7 Å². The normalized spacial score (nSPS) is 14.8. The number of rotatable bonds is 8. The molecule has 7 nitrogen and oxygen atoms in total. The third-order valence-electron chi connectivity index (χ3n) is 6.27. The van der Waals surface area contributed by atoms with E-state index in [4.69, 9.17) is 14.2 Å². The maximum atomic E-state index is 13.5. The number of methoxy groups -OCH3 is 1. The van der Waals surface area contributed by atoms with Crippen molar-refractivity contribution < 1.29 is 37.0 Å². The van der Waals surface area contributed by atoms with Gasteiger partial charge >= 0.3 is 6.18 Å². The van der Waals surface area contributed by atoms with Crippen molar-refractivity contribution >= 4 is 11.8 Å². The minimum atomic E-state index is -4.62. The molecule has 1 saturated heterocycles. The van der Waals surface area contributed by atoms with Crippen molar-refractivity contribution in [1.82, 2.24) is 10.6 Å². The van der Waals surface area contributed by atoms with Crippen LogP contribution in [0.4, 0.5) is 13.2 Å². The molecular formula is C28H27F3N2O5. The van der Waals surface area contributed by atoms with Crippen molar-refractivity contribution in [2.75, 3.05) is 20.3 Å². The van der Waals surface area contributed by atoms with Gasteiger partial charge in [-0.25, -0.2) is 0 Å². The first-order chi connectivity index (χ1) is 18.2. The molecule has 3 aromatic rings. The summed E-state index contributed by atoms with van der Waals surface area (Å²) in [7, 11) is 1.29. The van der Waals surface area contributed by atoms with Crippen molar-refractivity contribution in [1.29, 1.82) is 0 Å². The number of hydrogen-bond acceptors (Lipinski definition) is 5. The van der Waals surface area contributed by atoms with Crippen LogP contribution < -0.4 is 20.1 Å². The first kappa shape index (κ1) is 27.0. The van der Waals surface area contributed by atoms with Gasteiger partial charge in [0.15, 0.2) is 0 Å². The summed E-state index contributed by atoms with van der Waals surface area (Å²) in [6, 6.07) is 18.4. The van der Waals surface area contributed by atoms with Gasteiger partial charge in [-0.3, -0.25) is 9.59 Å². The lowest BCUT2D eigenvalue weighted by molar-refractivity contribution is -0.138. The summed E-state index contributed by atoms with van der Waals surface area (Å²) >= 11 is 0. The van der Waals surface area contributed by atoms with Crippen molar-refractivity contribution in [3.8, 4) is 17.2 Å². The lowest BCUT2D eigenvalue weighted by Gasteiger charge is -2.36. The number of halogens is 3. The monoisotopic (exact) mass is 528 g/mol. The van der Waals surface area contributed by atoms with E-state index in [1.54, 1.807) is 42.5 Å². The molecule has 2 amide bonds. The van der Waals surface area contributed by atoms with E-state index in [0.29, 0.717) is 37.2 Å². The van der Waals surface area contributed by atoms with Crippen LogP contribution in [0.2, 0.25) is 0 Å². The predicted molar refractivity (Wildman–Crippen MR) is 133 cm³/mol. The summed E-state index contributed by atoms with van der Waals surface area (Å²) in [5, 5.41) is 5.76. The maximum absolute atomic E-state index is 13.5. The molecule has 0 radical (unpaired) electrons. The molecule has 0 spiro atoms. The molecular weight excluding hydrogens is 501 g/mol. The maximum Gasteiger partial charge on any atom is 0.420 e. The van der Waals surface area contributed by atoms with Crippen molar-refractivity contribution in [3.05, 3.63) is 89.5 Å². The molecule has 10 heteroatoms. The highest BCUT2D eigenvalue weighted by atomic mass is 19.4. The van der Waals surface area contributed by atoms with Crippen LogP contribution in [0.3, 0.4) is 0 Å². The Kier molecular flexibility index (Phi) is 8.21. The highest BCUT2D eigenvalue weighted by Crippen LogP contribution is 2.40. The third-order valence-corrected chi connectivity index (χ3v) is 6.27. The first-order valence-corrected chi connectivity index (χ1v) is 12.0. The van der Waals surface area contributed by atoms with Crippen LogP contribution in [0.1, 0.15) is 34.3 Å². The Bertz CT molecular complexity index is 1260. The molecule has 1 heterocycles. The van der Waals surface area contributed by atoms with E-state index in [0.717, 1.165) is 6.07 Å². The third kappa shape index (κ3) is 6.44. The number of carbonyl (C=O) groups excluding carboxylic acids is 2. The SMILES string of the molecule is COc1ccc(Oc2ccc(CNC(=O)C3(NC(=O)c4ccccc4)CCOCC3)cc2)c(C(F)(F)F)c1. The fourth-order valence-corrected chi connectivity index (χ4v) is 4.11. The van der Waals surface area contributed by atoms with Gasteiger partial charge in [-0.15, -0.1) is 0 Å². The molecule has 0 aliphatic carbocycles. The van der Waals surface area contributed by atoms with Gasteiger partial charge in [0.2, 0.25) is 5.91 Å². The lowest BCUT2D eigenvalue weighted by atomic mass is 9.88. The smallest absolute Gasteiger partial charge is 0.420 e. The molecule has 4 rings (SSSR count). The summed E-state index contributed by atoms with van der Waals surface area (Å²) < 4.78 is 56.2. The zero-order valence-electron chi connectivity index (χ0n) is 20.6. The van der Waals surface area contributed by atoms with Crippen LogP contribution in [-0.2, 0) is 22.3 Å². The first-order valence-electron chi connectivity index (χ1n) is 12.0. The largest absolute Gasteiger partial charge is 0.497 e. The standard InChI is InChI=1S/C28H27F3N2O5/c1-36-22-11-12-24(23(17-22)28(29,30)31)38-21-9-7-19(8-10-21)18-32-26(35)27(13-15-37-16-14-27)33-25(34)20-5-3-2-4-6-20/h2-12,17H,13-16,18H2,1H3,(H,32,35)(H,33,34). The second-order valence-electron chi connectivity index (χ2n) is 8.80. The van der Waals surface area contributed by atoms with Crippen LogP contribution in [0.15, 0.2) is 72.8 Å². The number of nitrogens with one attached hydrogen (secondary N) is 2. The fourth-order valence-electron chi connectivity index (χ4n) is 4.11. The number of hydrogen-bond donors (Lipinski definition) is 2. The summed E-state index contributed by atoms with van der Waals surface area (Å²) in [4.78, 5) is 26.0. The van der Waals surface area contributed by atoms with Gasteiger partial charge in [0.1, 0.15) is 28.4 Å². The van der Waals surface area contributed by atoms with Crippen molar-refractivity contribution in [3.63, 3.8) is 0 Å². The van der Waals surface area contributed by atoms with Gasteiger partial charge < -0.3 is 24.8 Å². The molecule has 0 saturated carbocycles. The van der Waals surface area contributed by atoms with Crippen LogP contribution in [0, 0.1) is 0 Å². The zero-order valence-corrected chi connectivity index (χ0v) is 20.6. The molecule has 38 heavy (non-hydrogen) atoms. The highest BCUT2D eigenvalue weighted by molar-refractivity contribution is 5.99. The number of amides is 2. The molecule has 1 aliphatic rings. The Labute approximate surface area is 217 Å². The van der Waals surface area contributed by atoms with Gasteiger partial charge in [-0.1, -0.05) is 30.3 Å². The molecule has 0 aromatic heterocycles. The summed E-state index contributed by atoms with van der Waals surface area (Å²) in [6.45, 7) is 0.818.